The monoisotopic (exact) mass is 419 g/mol. The number of carbonyl (C=O) groups excluding carboxylic acids is 1. The summed E-state index contributed by atoms with van der Waals surface area (Å²) in [6.45, 7) is 2.08. The number of aromatic hydroxyl groups is 1. The SMILES string of the molecule is CCCCCCC(CC(Oc1ccccc1)C(N)=O)S(=O)(=O)c1ccc(O)cc1. The van der Waals surface area contributed by atoms with Gasteiger partial charge in [0.2, 0.25) is 0 Å². The highest BCUT2D eigenvalue weighted by molar-refractivity contribution is 7.92. The number of benzene rings is 2. The van der Waals surface area contributed by atoms with Crippen molar-refractivity contribution in [2.24, 2.45) is 5.73 Å². The van der Waals surface area contributed by atoms with Gasteiger partial charge >= 0.3 is 0 Å². The number of ether oxygens (including phenoxy) is 1. The zero-order valence-electron chi connectivity index (χ0n) is 16.7. The zero-order valence-corrected chi connectivity index (χ0v) is 17.5. The lowest BCUT2D eigenvalue weighted by Crippen LogP contribution is -2.39. The third-order valence-electron chi connectivity index (χ3n) is 4.80. The normalized spacial score (nSPS) is 13.6. The zero-order chi connectivity index (χ0) is 21.3. The first-order valence-corrected chi connectivity index (χ1v) is 11.4. The van der Waals surface area contributed by atoms with Crippen molar-refractivity contribution < 1.29 is 23.1 Å². The first-order chi connectivity index (χ1) is 13.8. The van der Waals surface area contributed by atoms with E-state index in [-0.39, 0.29) is 17.1 Å². The highest BCUT2D eigenvalue weighted by Gasteiger charge is 2.32. The van der Waals surface area contributed by atoms with Gasteiger partial charge in [0.1, 0.15) is 11.5 Å². The van der Waals surface area contributed by atoms with Gasteiger partial charge in [0.15, 0.2) is 15.9 Å². The Morgan fingerprint density at radius 2 is 1.69 bits per heavy atom. The molecule has 0 bridgehead atoms. The molecule has 0 fully saturated rings. The third kappa shape index (κ3) is 6.78. The average molecular weight is 420 g/mol. The highest BCUT2D eigenvalue weighted by atomic mass is 32.2. The average Bonchev–Trinajstić information content (AvgIpc) is 2.70. The molecule has 7 heteroatoms. The van der Waals surface area contributed by atoms with Crippen molar-refractivity contribution in [3.05, 3.63) is 54.6 Å². The summed E-state index contributed by atoms with van der Waals surface area (Å²) in [4.78, 5) is 12.1. The predicted molar refractivity (Wildman–Crippen MR) is 113 cm³/mol. The number of hydrogen-bond donors (Lipinski definition) is 2. The van der Waals surface area contributed by atoms with Gasteiger partial charge in [-0.1, -0.05) is 50.8 Å². The summed E-state index contributed by atoms with van der Waals surface area (Å²) in [5.41, 5.74) is 5.52. The molecule has 2 aromatic carbocycles. The van der Waals surface area contributed by atoms with Crippen LogP contribution in [0.2, 0.25) is 0 Å². The molecule has 6 nitrogen and oxygen atoms in total. The number of hydrogen-bond acceptors (Lipinski definition) is 5. The summed E-state index contributed by atoms with van der Waals surface area (Å²) in [7, 11) is -3.72. The first-order valence-electron chi connectivity index (χ1n) is 9.88. The van der Waals surface area contributed by atoms with Crippen molar-refractivity contribution in [1.82, 2.24) is 0 Å². The van der Waals surface area contributed by atoms with Crippen LogP contribution in [0.15, 0.2) is 59.5 Å². The molecule has 0 aliphatic heterocycles. The van der Waals surface area contributed by atoms with Gasteiger partial charge in [-0.15, -0.1) is 0 Å². The molecule has 1 amide bonds. The molecule has 2 rings (SSSR count). The van der Waals surface area contributed by atoms with E-state index in [0.717, 1.165) is 25.7 Å². The summed E-state index contributed by atoms with van der Waals surface area (Å²) in [5, 5.41) is 8.65. The molecule has 0 heterocycles. The number of nitrogens with two attached hydrogens (primary N) is 1. The fourth-order valence-corrected chi connectivity index (χ4v) is 4.96. The molecule has 2 unspecified atom stereocenters. The van der Waals surface area contributed by atoms with Crippen LogP contribution in [0.5, 0.6) is 11.5 Å². The number of sulfone groups is 1. The topological polar surface area (TPSA) is 107 Å². The van der Waals surface area contributed by atoms with E-state index in [9.17, 15) is 18.3 Å². The Balaban J connectivity index is 2.25. The Bertz CT molecular complexity index is 866. The quantitative estimate of drug-likeness (QED) is 0.509. The highest BCUT2D eigenvalue weighted by Crippen LogP contribution is 2.27. The number of carbonyl (C=O) groups is 1. The minimum absolute atomic E-state index is 0.00845. The molecule has 0 spiro atoms. The van der Waals surface area contributed by atoms with Gasteiger partial charge in [0, 0.05) is 6.42 Å². The summed E-state index contributed by atoms with van der Waals surface area (Å²) in [6.07, 6.45) is 3.03. The van der Waals surface area contributed by atoms with Crippen LogP contribution >= 0.6 is 0 Å². The van der Waals surface area contributed by atoms with E-state index in [1.54, 1.807) is 24.3 Å². The smallest absolute Gasteiger partial charge is 0.258 e. The molecule has 0 aromatic heterocycles. The van der Waals surface area contributed by atoms with Crippen molar-refractivity contribution >= 4 is 15.7 Å². The molecule has 0 saturated heterocycles. The number of rotatable bonds is 12. The Morgan fingerprint density at radius 3 is 2.28 bits per heavy atom. The summed E-state index contributed by atoms with van der Waals surface area (Å²) >= 11 is 0. The maximum atomic E-state index is 13.2. The van der Waals surface area contributed by atoms with Crippen molar-refractivity contribution in [2.75, 3.05) is 0 Å². The van der Waals surface area contributed by atoms with Crippen LogP contribution in [0.4, 0.5) is 0 Å². The Labute approximate surface area is 172 Å². The van der Waals surface area contributed by atoms with Crippen molar-refractivity contribution in [3.63, 3.8) is 0 Å². The van der Waals surface area contributed by atoms with Gasteiger partial charge in [-0.25, -0.2) is 8.42 Å². The van der Waals surface area contributed by atoms with Crippen LogP contribution in [-0.2, 0) is 14.6 Å². The van der Waals surface area contributed by atoms with Gasteiger partial charge in [-0.05, 0) is 42.8 Å². The lowest BCUT2D eigenvalue weighted by atomic mass is 10.1. The first kappa shape index (κ1) is 22.7. The second kappa shape index (κ2) is 10.9. The fourth-order valence-electron chi connectivity index (χ4n) is 3.15. The van der Waals surface area contributed by atoms with Crippen LogP contribution in [0.1, 0.15) is 45.4 Å². The maximum Gasteiger partial charge on any atom is 0.258 e. The number of unbranched alkanes of at least 4 members (excludes halogenated alkanes) is 3. The largest absolute Gasteiger partial charge is 0.508 e. The molecule has 2 aromatic rings. The van der Waals surface area contributed by atoms with Crippen LogP contribution in [0, 0.1) is 0 Å². The number of phenols is 1. The van der Waals surface area contributed by atoms with Gasteiger partial charge in [0.05, 0.1) is 10.1 Å². The fraction of sp³-hybridized carbons (Fsp3) is 0.409. The molecular weight excluding hydrogens is 390 g/mol. The van der Waals surface area contributed by atoms with Crippen molar-refractivity contribution in [1.29, 1.82) is 0 Å². The standard InChI is InChI=1S/C22H29NO5S/c1-2-3-4-8-11-20(29(26,27)19-14-12-17(24)13-15-19)16-21(22(23)25)28-18-9-6-5-7-10-18/h5-7,9-10,12-15,20-21,24H,2-4,8,11,16H2,1H3,(H2,23,25). The van der Waals surface area contributed by atoms with E-state index in [4.69, 9.17) is 10.5 Å². The van der Waals surface area contributed by atoms with E-state index in [0.29, 0.717) is 12.2 Å². The van der Waals surface area contributed by atoms with Crippen LogP contribution < -0.4 is 10.5 Å². The molecule has 158 valence electrons. The molecular formula is C22H29NO5S. The number of phenolic OH excluding ortho intramolecular Hbond substituents is 1. The molecule has 0 saturated carbocycles. The number of primary amides is 1. The summed E-state index contributed by atoms with van der Waals surface area (Å²) in [6, 6.07) is 14.2. The summed E-state index contributed by atoms with van der Waals surface area (Å²) < 4.78 is 32.2. The lowest BCUT2D eigenvalue weighted by Gasteiger charge is -2.23. The van der Waals surface area contributed by atoms with E-state index < -0.39 is 27.1 Å². The van der Waals surface area contributed by atoms with Gasteiger partial charge < -0.3 is 15.6 Å². The van der Waals surface area contributed by atoms with Gasteiger partial charge in [0.25, 0.3) is 5.91 Å². The van der Waals surface area contributed by atoms with Gasteiger partial charge in [-0.2, -0.15) is 0 Å². The van der Waals surface area contributed by atoms with Crippen LogP contribution in [0.25, 0.3) is 0 Å². The van der Waals surface area contributed by atoms with Crippen molar-refractivity contribution in [3.8, 4) is 11.5 Å². The minimum Gasteiger partial charge on any atom is -0.508 e. The molecule has 29 heavy (non-hydrogen) atoms. The Hall–Kier alpha value is -2.54. The maximum absolute atomic E-state index is 13.2. The van der Waals surface area contributed by atoms with Crippen molar-refractivity contribution in [2.45, 2.75) is 61.7 Å². The van der Waals surface area contributed by atoms with Crippen LogP contribution in [-0.4, -0.2) is 30.8 Å². The molecule has 3 N–H and O–H groups in total. The van der Waals surface area contributed by atoms with Crippen LogP contribution in [0.3, 0.4) is 0 Å². The Morgan fingerprint density at radius 1 is 1.03 bits per heavy atom. The molecule has 0 aliphatic rings. The molecule has 0 radical (unpaired) electrons. The minimum atomic E-state index is -3.72. The second-order valence-corrected chi connectivity index (χ2v) is 9.30. The predicted octanol–water partition coefficient (Wildman–Crippen LogP) is 3.83. The summed E-state index contributed by atoms with van der Waals surface area (Å²) in [5.74, 6) is -0.248. The third-order valence-corrected chi connectivity index (χ3v) is 7.03. The number of amides is 1. The van der Waals surface area contributed by atoms with Gasteiger partial charge in [-0.3, -0.25) is 4.79 Å². The molecule has 0 aliphatic carbocycles. The Kier molecular flexibility index (Phi) is 8.51. The van der Waals surface area contributed by atoms with E-state index in [1.807, 2.05) is 6.07 Å². The number of para-hydroxylation sites is 1. The lowest BCUT2D eigenvalue weighted by molar-refractivity contribution is -0.125. The van der Waals surface area contributed by atoms with E-state index in [1.165, 1.54) is 24.3 Å². The van der Waals surface area contributed by atoms with E-state index >= 15 is 0 Å². The molecule has 2 atom stereocenters. The van der Waals surface area contributed by atoms with E-state index in [2.05, 4.69) is 6.92 Å². The second-order valence-electron chi connectivity index (χ2n) is 7.07.